The van der Waals surface area contributed by atoms with E-state index in [1.54, 1.807) is 40.8 Å². The molecule has 0 aliphatic heterocycles. The first-order valence-electron chi connectivity index (χ1n) is 6.09. The second-order valence-electron chi connectivity index (χ2n) is 5.07. The van der Waals surface area contributed by atoms with Crippen LogP contribution in [0.1, 0.15) is 43.7 Å². The number of aromatic amines is 1. The Bertz CT molecular complexity index is 471. The zero-order chi connectivity index (χ0) is 14.6. The summed E-state index contributed by atoms with van der Waals surface area (Å²) in [6, 6.07) is 0. The van der Waals surface area contributed by atoms with Crippen molar-refractivity contribution >= 4 is 17.7 Å². The SMILES string of the molecule is CCOC(=O)c1[nH]cc(C)c1NC(=O)OC(C)(C)C. The summed E-state index contributed by atoms with van der Waals surface area (Å²) in [6.45, 7) is 9.05. The van der Waals surface area contributed by atoms with E-state index in [-0.39, 0.29) is 12.3 Å². The number of anilines is 1. The van der Waals surface area contributed by atoms with Crippen molar-refractivity contribution in [3.63, 3.8) is 0 Å². The molecule has 0 fully saturated rings. The van der Waals surface area contributed by atoms with Crippen molar-refractivity contribution < 1.29 is 19.1 Å². The van der Waals surface area contributed by atoms with Gasteiger partial charge in [0, 0.05) is 6.20 Å². The van der Waals surface area contributed by atoms with Gasteiger partial charge in [-0.2, -0.15) is 0 Å². The highest BCUT2D eigenvalue weighted by atomic mass is 16.6. The minimum absolute atomic E-state index is 0.213. The maximum atomic E-state index is 11.7. The Morgan fingerprint density at radius 3 is 2.53 bits per heavy atom. The van der Waals surface area contributed by atoms with E-state index >= 15 is 0 Å². The van der Waals surface area contributed by atoms with Crippen LogP contribution < -0.4 is 5.32 Å². The summed E-state index contributed by atoms with van der Waals surface area (Å²) in [6.07, 6.45) is 1.01. The van der Waals surface area contributed by atoms with Crippen LogP contribution in [-0.2, 0) is 9.47 Å². The molecule has 1 amide bonds. The molecule has 1 heterocycles. The number of hydrogen-bond donors (Lipinski definition) is 2. The van der Waals surface area contributed by atoms with Gasteiger partial charge in [-0.15, -0.1) is 0 Å². The summed E-state index contributed by atoms with van der Waals surface area (Å²) in [5.74, 6) is -0.512. The number of hydrogen-bond acceptors (Lipinski definition) is 4. The van der Waals surface area contributed by atoms with Gasteiger partial charge >= 0.3 is 12.1 Å². The largest absolute Gasteiger partial charge is 0.461 e. The first kappa shape index (κ1) is 15.1. The lowest BCUT2D eigenvalue weighted by Gasteiger charge is -2.19. The summed E-state index contributed by atoms with van der Waals surface area (Å²) >= 11 is 0. The average molecular weight is 268 g/mol. The molecule has 0 saturated heterocycles. The Morgan fingerprint density at radius 2 is 2.00 bits per heavy atom. The van der Waals surface area contributed by atoms with Gasteiger partial charge in [-0.05, 0) is 40.2 Å². The Kier molecular flexibility index (Phi) is 4.58. The number of aryl methyl sites for hydroxylation is 1. The van der Waals surface area contributed by atoms with Crippen molar-refractivity contribution in [2.45, 2.75) is 40.2 Å². The van der Waals surface area contributed by atoms with Gasteiger partial charge in [0.2, 0.25) is 0 Å². The van der Waals surface area contributed by atoms with E-state index < -0.39 is 17.7 Å². The molecule has 0 radical (unpaired) electrons. The van der Waals surface area contributed by atoms with Crippen LogP contribution in [0.3, 0.4) is 0 Å². The maximum absolute atomic E-state index is 11.7. The van der Waals surface area contributed by atoms with Gasteiger partial charge in [-0.25, -0.2) is 9.59 Å². The molecule has 0 aliphatic carbocycles. The standard InChI is InChI=1S/C13H20N2O4/c1-6-18-11(16)10-9(8(2)7-14-10)15-12(17)19-13(3,4)5/h7,14H,6H2,1-5H3,(H,15,17). The van der Waals surface area contributed by atoms with Crippen molar-refractivity contribution in [3.8, 4) is 0 Å². The predicted octanol–water partition coefficient (Wildman–Crippen LogP) is 2.85. The number of carbonyl (C=O) groups excluding carboxylic acids is 2. The number of amides is 1. The van der Waals surface area contributed by atoms with Gasteiger partial charge in [0.25, 0.3) is 0 Å². The molecule has 6 nitrogen and oxygen atoms in total. The Morgan fingerprint density at radius 1 is 1.37 bits per heavy atom. The van der Waals surface area contributed by atoms with E-state index in [1.165, 1.54) is 0 Å². The van der Waals surface area contributed by atoms with E-state index in [4.69, 9.17) is 9.47 Å². The lowest BCUT2D eigenvalue weighted by Crippen LogP contribution is -2.27. The van der Waals surface area contributed by atoms with Crippen LogP contribution in [0.25, 0.3) is 0 Å². The van der Waals surface area contributed by atoms with Crippen molar-refractivity contribution in [1.82, 2.24) is 4.98 Å². The van der Waals surface area contributed by atoms with Gasteiger partial charge in [0.05, 0.1) is 12.3 Å². The topological polar surface area (TPSA) is 80.4 Å². The third kappa shape index (κ3) is 4.31. The second kappa shape index (κ2) is 5.77. The monoisotopic (exact) mass is 268 g/mol. The highest BCUT2D eigenvalue weighted by Crippen LogP contribution is 2.21. The van der Waals surface area contributed by atoms with Crippen LogP contribution >= 0.6 is 0 Å². The lowest BCUT2D eigenvalue weighted by atomic mass is 10.2. The highest BCUT2D eigenvalue weighted by Gasteiger charge is 2.21. The first-order valence-corrected chi connectivity index (χ1v) is 6.09. The summed E-state index contributed by atoms with van der Waals surface area (Å²) < 4.78 is 10.0. The molecule has 1 aromatic heterocycles. The van der Waals surface area contributed by atoms with Crippen molar-refractivity contribution in [2.24, 2.45) is 0 Å². The molecule has 0 saturated carbocycles. The summed E-state index contributed by atoms with van der Waals surface area (Å²) in [5.41, 5.74) is 0.727. The number of aromatic nitrogens is 1. The molecule has 1 aromatic rings. The van der Waals surface area contributed by atoms with Gasteiger partial charge in [-0.3, -0.25) is 5.32 Å². The highest BCUT2D eigenvalue weighted by molar-refractivity contribution is 5.99. The summed E-state index contributed by atoms with van der Waals surface area (Å²) in [5, 5.41) is 2.56. The van der Waals surface area contributed by atoms with Crippen molar-refractivity contribution in [1.29, 1.82) is 0 Å². The molecule has 0 aromatic carbocycles. The van der Waals surface area contributed by atoms with Crippen LogP contribution in [0.4, 0.5) is 10.5 Å². The fraction of sp³-hybridized carbons (Fsp3) is 0.538. The van der Waals surface area contributed by atoms with Crippen LogP contribution in [-0.4, -0.2) is 29.3 Å². The van der Waals surface area contributed by atoms with Crippen LogP contribution in [0, 0.1) is 6.92 Å². The number of rotatable bonds is 3. The van der Waals surface area contributed by atoms with E-state index in [0.717, 1.165) is 5.56 Å². The van der Waals surface area contributed by atoms with Crippen LogP contribution in [0.5, 0.6) is 0 Å². The van der Waals surface area contributed by atoms with E-state index in [2.05, 4.69) is 10.3 Å². The fourth-order valence-corrected chi connectivity index (χ4v) is 1.45. The smallest absolute Gasteiger partial charge is 0.412 e. The van der Waals surface area contributed by atoms with Crippen LogP contribution in [0.2, 0.25) is 0 Å². The number of carbonyl (C=O) groups is 2. The van der Waals surface area contributed by atoms with Gasteiger partial charge in [-0.1, -0.05) is 0 Å². The molecule has 0 spiro atoms. The molecule has 0 aliphatic rings. The second-order valence-corrected chi connectivity index (χ2v) is 5.07. The zero-order valence-corrected chi connectivity index (χ0v) is 11.9. The normalized spacial score (nSPS) is 11.0. The number of nitrogens with one attached hydrogen (secondary N) is 2. The predicted molar refractivity (Wildman–Crippen MR) is 71.3 cm³/mol. The van der Waals surface area contributed by atoms with Gasteiger partial charge in [0.1, 0.15) is 11.3 Å². The molecule has 0 unspecified atom stereocenters. The van der Waals surface area contributed by atoms with E-state index in [9.17, 15) is 9.59 Å². The number of esters is 1. The third-order valence-corrected chi connectivity index (χ3v) is 2.18. The van der Waals surface area contributed by atoms with E-state index in [0.29, 0.717) is 5.69 Å². The number of H-pyrrole nitrogens is 1. The van der Waals surface area contributed by atoms with E-state index in [1.807, 2.05) is 0 Å². The van der Waals surface area contributed by atoms with Gasteiger partial charge < -0.3 is 14.5 Å². The van der Waals surface area contributed by atoms with Crippen molar-refractivity contribution in [2.75, 3.05) is 11.9 Å². The average Bonchev–Trinajstić information content (AvgIpc) is 2.58. The molecule has 1 rings (SSSR count). The maximum Gasteiger partial charge on any atom is 0.412 e. The molecule has 106 valence electrons. The minimum Gasteiger partial charge on any atom is -0.461 e. The molecule has 0 atom stereocenters. The molecular weight excluding hydrogens is 248 g/mol. The molecule has 2 N–H and O–H groups in total. The Balaban J connectivity index is 2.86. The molecule has 0 bridgehead atoms. The lowest BCUT2D eigenvalue weighted by molar-refractivity contribution is 0.0521. The summed E-state index contributed by atoms with van der Waals surface area (Å²) in [4.78, 5) is 26.2. The van der Waals surface area contributed by atoms with Crippen molar-refractivity contribution in [3.05, 3.63) is 17.5 Å². The number of ether oxygens (including phenoxy) is 2. The van der Waals surface area contributed by atoms with Gasteiger partial charge in [0.15, 0.2) is 0 Å². The first-order chi connectivity index (χ1) is 8.74. The molecule has 19 heavy (non-hydrogen) atoms. The fourth-order valence-electron chi connectivity index (χ4n) is 1.45. The zero-order valence-electron chi connectivity index (χ0n) is 11.9. The molecule has 6 heteroatoms. The Hall–Kier alpha value is -1.98. The van der Waals surface area contributed by atoms with Crippen LogP contribution in [0.15, 0.2) is 6.20 Å². The minimum atomic E-state index is -0.610. The third-order valence-electron chi connectivity index (χ3n) is 2.18. The quantitative estimate of drug-likeness (QED) is 0.826. The Labute approximate surface area is 112 Å². The summed E-state index contributed by atoms with van der Waals surface area (Å²) in [7, 11) is 0. The molecular formula is C13H20N2O4.